The van der Waals surface area contributed by atoms with E-state index in [1.165, 1.54) is 6.92 Å². The van der Waals surface area contributed by atoms with Crippen LogP contribution in [0.5, 0.6) is 0 Å². The molecule has 4 aliphatic rings. The first-order valence-corrected chi connectivity index (χ1v) is 14.3. The second kappa shape index (κ2) is 11.3. The van der Waals surface area contributed by atoms with Crippen molar-refractivity contribution in [2.45, 2.75) is 118 Å². The van der Waals surface area contributed by atoms with E-state index in [1.54, 1.807) is 0 Å². The Bertz CT molecular complexity index is 1000. The van der Waals surface area contributed by atoms with Gasteiger partial charge in [0.2, 0.25) is 0 Å². The zero-order valence-corrected chi connectivity index (χ0v) is 26.8. The van der Waals surface area contributed by atoms with Crippen LogP contribution in [0.15, 0.2) is 22.8 Å². The Labute approximate surface area is 251 Å². The Kier molecular flexibility index (Phi) is 9.49. The minimum Gasteiger partial charge on any atom is -0.545 e. The molecule has 2 N–H and O–H groups in total. The summed E-state index contributed by atoms with van der Waals surface area (Å²) in [5, 5.41) is 35.0. The number of hydrogen-bond donors (Lipinski definition) is 2. The van der Waals surface area contributed by atoms with Crippen LogP contribution in [0.1, 0.15) is 99.8 Å². The van der Waals surface area contributed by atoms with Gasteiger partial charge in [0.15, 0.2) is 0 Å². The van der Waals surface area contributed by atoms with E-state index in [4.69, 9.17) is 4.74 Å². The van der Waals surface area contributed by atoms with Gasteiger partial charge in [0.05, 0.1) is 18.2 Å². The van der Waals surface area contributed by atoms with Crippen molar-refractivity contribution in [1.82, 2.24) is 0 Å². The molecule has 4 aliphatic carbocycles. The van der Waals surface area contributed by atoms with Gasteiger partial charge in [-0.05, 0) is 116 Å². The van der Waals surface area contributed by atoms with Crippen molar-refractivity contribution in [1.29, 1.82) is 0 Å². The molecule has 0 saturated heterocycles. The summed E-state index contributed by atoms with van der Waals surface area (Å²) in [5.74, 6) is -1.25. The van der Waals surface area contributed by atoms with Gasteiger partial charge in [-0.25, -0.2) is 0 Å². The van der Waals surface area contributed by atoms with E-state index >= 15 is 0 Å². The fraction of sp³-hybridized carbons (Fsp3) is 0.806. The van der Waals surface area contributed by atoms with Crippen molar-refractivity contribution in [3.63, 3.8) is 0 Å². The molecular formula is C31H47NaO6. The first-order valence-electron chi connectivity index (χ1n) is 14.3. The first kappa shape index (κ1) is 31.9. The number of allylic oxidation sites excluding steroid dienone is 2. The fourth-order valence-electron chi connectivity index (χ4n) is 9.78. The maximum Gasteiger partial charge on any atom is 1.00 e. The van der Waals surface area contributed by atoms with Crippen molar-refractivity contribution in [2.24, 2.45) is 39.9 Å². The number of aliphatic hydroxyl groups excluding tert-OH is 2. The number of hydrogen-bond acceptors (Lipinski definition) is 6. The molecule has 0 aromatic rings. The normalized spacial score (nSPS) is 45.0. The van der Waals surface area contributed by atoms with Gasteiger partial charge >= 0.3 is 35.5 Å². The second-order valence-electron chi connectivity index (χ2n) is 13.6. The summed E-state index contributed by atoms with van der Waals surface area (Å²) >= 11 is 0. The number of carbonyl (C=O) groups excluding carboxylic acids is 2. The second-order valence-corrected chi connectivity index (χ2v) is 13.6. The fourth-order valence-corrected chi connectivity index (χ4v) is 9.78. The summed E-state index contributed by atoms with van der Waals surface area (Å²) in [6.45, 7) is 14.4. The molecule has 4 saturated carbocycles. The number of aliphatic hydroxyl groups is 2. The van der Waals surface area contributed by atoms with Gasteiger partial charge in [-0.15, -0.1) is 0 Å². The van der Waals surface area contributed by atoms with E-state index in [1.807, 2.05) is 19.9 Å². The zero-order valence-electron chi connectivity index (χ0n) is 24.8. The van der Waals surface area contributed by atoms with Crippen LogP contribution in [0.2, 0.25) is 0 Å². The maximum atomic E-state index is 12.5. The molecule has 4 rings (SSSR count). The van der Waals surface area contributed by atoms with E-state index in [-0.39, 0.29) is 75.2 Å². The summed E-state index contributed by atoms with van der Waals surface area (Å²) in [6.07, 6.45) is 5.92. The Morgan fingerprint density at radius 3 is 2.29 bits per heavy atom. The van der Waals surface area contributed by atoms with Crippen LogP contribution in [-0.4, -0.2) is 40.5 Å². The van der Waals surface area contributed by atoms with Gasteiger partial charge in [-0.3, -0.25) is 4.79 Å². The summed E-state index contributed by atoms with van der Waals surface area (Å²) in [5.41, 5.74) is 1.31. The van der Waals surface area contributed by atoms with Crippen LogP contribution in [0.3, 0.4) is 0 Å². The average Bonchev–Trinajstić information content (AvgIpc) is 3.05. The molecule has 9 unspecified atom stereocenters. The van der Waals surface area contributed by atoms with Crippen molar-refractivity contribution in [3.8, 4) is 0 Å². The predicted octanol–water partition coefficient (Wildman–Crippen LogP) is 1.34. The maximum absolute atomic E-state index is 12.5. The Balaban J connectivity index is 0.00000400. The molecule has 0 aromatic heterocycles. The Morgan fingerprint density at radius 2 is 1.71 bits per heavy atom. The third kappa shape index (κ3) is 5.00. The molecule has 38 heavy (non-hydrogen) atoms. The van der Waals surface area contributed by atoms with Crippen molar-refractivity contribution in [2.75, 3.05) is 0 Å². The van der Waals surface area contributed by atoms with E-state index in [0.717, 1.165) is 31.3 Å². The van der Waals surface area contributed by atoms with Gasteiger partial charge in [0, 0.05) is 6.92 Å². The molecule has 0 bridgehead atoms. The smallest absolute Gasteiger partial charge is 0.545 e. The predicted molar refractivity (Wildman–Crippen MR) is 140 cm³/mol. The number of esters is 1. The molecule has 0 amide bonds. The molecule has 0 spiro atoms. The first-order chi connectivity index (χ1) is 17.2. The Hall–Kier alpha value is -0.660. The molecule has 4 fully saturated rings. The topological polar surface area (TPSA) is 107 Å². The SMILES string of the molecule is CC(=O)OC1CC2(C)C(CC(O)C3C4(C)CCC(O)[C@@H](C)C4CCC32C)C1=C(CCC=C(C)C)C(=O)[O-].[Na+]. The summed E-state index contributed by atoms with van der Waals surface area (Å²) in [7, 11) is 0. The monoisotopic (exact) mass is 538 g/mol. The van der Waals surface area contributed by atoms with Crippen LogP contribution in [0, 0.1) is 39.9 Å². The van der Waals surface area contributed by atoms with Gasteiger partial charge in [-0.2, -0.15) is 0 Å². The van der Waals surface area contributed by atoms with Gasteiger partial charge in [0.25, 0.3) is 0 Å². The quantitative estimate of drug-likeness (QED) is 0.237. The number of fused-ring (bicyclic) bond motifs is 5. The van der Waals surface area contributed by atoms with Crippen LogP contribution in [0.4, 0.5) is 0 Å². The minimum atomic E-state index is -1.20. The number of carbonyl (C=O) groups is 2. The number of carboxylic acids is 1. The van der Waals surface area contributed by atoms with E-state index in [2.05, 4.69) is 27.7 Å². The number of rotatable bonds is 5. The standard InChI is InChI=1S/C31H48O6.Na/c1-17(2)9-8-10-20(28(35)36)26-22-15-24(34)27-29(5)13-12-23(33)18(3)21(29)11-14-30(27,6)31(22,7)16-25(26)37-19(4)32;/h9,18,21-25,27,33-34H,8,10-16H2,1-7H3,(H,35,36);/q;+1/p-1/t18-,21?,22?,23?,24?,25?,27?,29?,30?,31?;/m0./s1. The largest absolute Gasteiger partial charge is 1.00 e. The summed E-state index contributed by atoms with van der Waals surface area (Å²) in [4.78, 5) is 24.7. The zero-order chi connectivity index (χ0) is 27.5. The number of carboxylic acid groups (broad SMARTS) is 1. The van der Waals surface area contributed by atoms with Gasteiger partial charge in [-0.1, -0.05) is 39.3 Å². The Morgan fingerprint density at radius 1 is 1.05 bits per heavy atom. The number of aliphatic carboxylic acids is 1. The molecule has 7 heteroatoms. The van der Waals surface area contributed by atoms with E-state index < -0.39 is 24.1 Å². The molecular weight excluding hydrogens is 491 g/mol. The van der Waals surface area contributed by atoms with Crippen LogP contribution < -0.4 is 34.7 Å². The summed E-state index contributed by atoms with van der Waals surface area (Å²) in [6, 6.07) is 0. The van der Waals surface area contributed by atoms with Crippen molar-refractivity contribution in [3.05, 3.63) is 22.8 Å². The third-order valence-corrected chi connectivity index (χ3v) is 11.6. The molecule has 0 radical (unpaired) electrons. The average molecular weight is 539 g/mol. The molecule has 0 aromatic carbocycles. The van der Waals surface area contributed by atoms with E-state index in [9.17, 15) is 24.9 Å². The summed E-state index contributed by atoms with van der Waals surface area (Å²) < 4.78 is 5.84. The molecule has 10 atom stereocenters. The minimum absolute atomic E-state index is 0. The van der Waals surface area contributed by atoms with Gasteiger partial charge in [0.1, 0.15) is 6.10 Å². The molecule has 0 aliphatic heterocycles. The molecule has 0 heterocycles. The van der Waals surface area contributed by atoms with Gasteiger partial charge < -0.3 is 24.9 Å². The van der Waals surface area contributed by atoms with Crippen molar-refractivity contribution >= 4 is 11.9 Å². The number of ether oxygens (including phenoxy) is 1. The van der Waals surface area contributed by atoms with Crippen LogP contribution in [-0.2, 0) is 14.3 Å². The molecule has 6 nitrogen and oxygen atoms in total. The van der Waals surface area contributed by atoms with Crippen LogP contribution in [0.25, 0.3) is 0 Å². The van der Waals surface area contributed by atoms with Crippen LogP contribution >= 0.6 is 0 Å². The third-order valence-electron chi connectivity index (χ3n) is 11.6. The molecule has 208 valence electrons. The van der Waals surface area contributed by atoms with Crippen molar-refractivity contribution < 1.29 is 59.2 Å². The van der Waals surface area contributed by atoms with E-state index in [0.29, 0.717) is 37.2 Å².